The highest BCUT2D eigenvalue weighted by Crippen LogP contribution is 2.47. The summed E-state index contributed by atoms with van der Waals surface area (Å²) in [6.45, 7) is 8.41. The molecule has 4 heteroatoms. The second-order valence-corrected chi connectivity index (χ2v) is 8.00. The first-order valence-electron chi connectivity index (χ1n) is 9.99. The average molecular weight is 364 g/mol. The van der Waals surface area contributed by atoms with Crippen LogP contribution in [-0.4, -0.2) is 43.7 Å². The van der Waals surface area contributed by atoms with Gasteiger partial charge in [-0.2, -0.15) is 0 Å². The second-order valence-electron chi connectivity index (χ2n) is 8.00. The van der Waals surface area contributed by atoms with Crippen molar-refractivity contribution in [1.82, 2.24) is 10.2 Å². The van der Waals surface area contributed by atoms with Gasteiger partial charge in [-0.15, -0.1) is 0 Å². The van der Waals surface area contributed by atoms with Gasteiger partial charge in [-0.25, -0.2) is 4.79 Å². The molecule has 2 fully saturated rings. The van der Waals surface area contributed by atoms with E-state index in [2.05, 4.69) is 66.5 Å². The summed E-state index contributed by atoms with van der Waals surface area (Å²) in [7, 11) is 0. The van der Waals surface area contributed by atoms with Crippen LogP contribution in [0.5, 0.6) is 0 Å². The Morgan fingerprint density at radius 2 is 1.67 bits per heavy atom. The molecule has 0 unspecified atom stereocenters. The second kappa shape index (κ2) is 7.26. The molecular weight excluding hydrogens is 334 g/mol. The lowest BCUT2D eigenvalue weighted by molar-refractivity contribution is 0.193. The van der Waals surface area contributed by atoms with Crippen LogP contribution < -0.4 is 10.2 Å². The molecule has 1 heterocycles. The molecule has 27 heavy (non-hydrogen) atoms. The van der Waals surface area contributed by atoms with E-state index < -0.39 is 0 Å². The van der Waals surface area contributed by atoms with Gasteiger partial charge in [0.15, 0.2) is 0 Å². The fourth-order valence-corrected chi connectivity index (χ4v) is 4.10. The van der Waals surface area contributed by atoms with Crippen LogP contribution in [0, 0.1) is 13.8 Å². The first kappa shape index (κ1) is 17.9. The number of aryl methyl sites for hydroxylation is 1. The number of nitrogens with zero attached hydrogens (tertiary/aromatic N) is 2. The summed E-state index contributed by atoms with van der Waals surface area (Å²) in [6.07, 6.45) is 2.33. The van der Waals surface area contributed by atoms with Crippen LogP contribution in [0.3, 0.4) is 0 Å². The SMILES string of the molecule is Cc1cccc(N2CCN(C(=O)NCC3(c4ccccc4)CC3)CC2)c1C. The highest BCUT2D eigenvalue weighted by atomic mass is 16.2. The molecule has 1 saturated carbocycles. The monoisotopic (exact) mass is 363 g/mol. The lowest BCUT2D eigenvalue weighted by Gasteiger charge is -2.37. The molecule has 2 amide bonds. The zero-order chi connectivity index (χ0) is 18.9. The number of carbonyl (C=O) groups excluding carboxylic acids is 1. The van der Waals surface area contributed by atoms with Gasteiger partial charge in [0, 0.05) is 43.8 Å². The van der Waals surface area contributed by atoms with Crippen molar-refractivity contribution >= 4 is 11.7 Å². The van der Waals surface area contributed by atoms with Crippen molar-refractivity contribution in [3.05, 3.63) is 65.2 Å². The molecule has 0 radical (unpaired) electrons. The predicted octanol–water partition coefficient (Wildman–Crippen LogP) is 3.87. The zero-order valence-corrected chi connectivity index (χ0v) is 16.4. The number of benzene rings is 2. The van der Waals surface area contributed by atoms with E-state index in [9.17, 15) is 4.79 Å². The molecule has 1 N–H and O–H groups in total. The van der Waals surface area contributed by atoms with Gasteiger partial charge in [0.25, 0.3) is 0 Å². The van der Waals surface area contributed by atoms with E-state index in [1.54, 1.807) is 0 Å². The summed E-state index contributed by atoms with van der Waals surface area (Å²) in [5.41, 5.74) is 5.48. The van der Waals surface area contributed by atoms with Crippen LogP contribution in [0.1, 0.15) is 29.5 Å². The third-order valence-electron chi connectivity index (χ3n) is 6.30. The Morgan fingerprint density at radius 3 is 2.33 bits per heavy atom. The molecule has 4 rings (SSSR count). The average Bonchev–Trinajstić information content (AvgIpc) is 3.50. The summed E-state index contributed by atoms with van der Waals surface area (Å²) in [5, 5.41) is 3.20. The maximum absolute atomic E-state index is 12.7. The van der Waals surface area contributed by atoms with Gasteiger partial charge in [0.2, 0.25) is 0 Å². The van der Waals surface area contributed by atoms with Gasteiger partial charge in [-0.1, -0.05) is 42.5 Å². The van der Waals surface area contributed by atoms with E-state index >= 15 is 0 Å². The van der Waals surface area contributed by atoms with Gasteiger partial charge >= 0.3 is 6.03 Å². The highest BCUT2D eigenvalue weighted by Gasteiger charge is 2.44. The Balaban J connectivity index is 1.31. The van der Waals surface area contributed by atoms with Crippen molar-refractivity contribution < 1.29 is 4.79 Å². The molecule has 0 spiro atoms. The smallest absolute Gasteiger partial charge is 0.317 e. The Bertz CT molecular complexity index is 806. The molecule has 1 saturated heterocycles. The van der Waals surface area contributed by atoms with Crippen molar-refractivity contribution in [2.45, 2.75) is 32.1 Å². The van der Waals surface area contributed by atoms with E-state index in [-0.39, 0.29) is 11.4 Å². The molecule has 2 aromatic rings. The minimum Gasteiger partial charge on any atom is -0.368 e. The van der Waals surface area contributed by atoms with Gasteiger partial charge in [-0.05, 0) is 49.4 Å². The number of amides is 2. The van der Waals surface area contributed by atoms with E-state index in [0.29, 0.717) is 0 Å². The fraction of sp³-hybridized carbons (Fsp3) is 0.435. The van der Waals surface area contributed by atoms with E-state index in [1.807, 2.05) is 11.0 Å². The van der Waals surface area contributed by atoms with E-state index in [0.717, 1.165) is 45.6 Å². The summed E-state index contributed by atoms with van der Waals surface area (Å²) in [5.74, 6) is 0. The van der Waals surface area contributed by atoms with Crippen molar-refractivity contribution in [3.8, 4) is 0 Å². The highest BCUT2D eigenvalue weighted by molar-refractivity contribution is 5.75. The quantitative estimate of drug-likeness (QED) is 0.895. The maximum atomic E-state index is 12.7. The van der Waals surface area contributed by atoms with Crippen molar-refractivity contribution in [3.63, 3.8) is 0 Å². The predicted molar refractivity (Wildman–Crippen MR) is 110 cm³/mol. The molecule has 0 aromatic heterocycles. The molecule has 1 aliphatic carbocycles. The first-order valence-corrected chi connectivity index (χ1v) is 9.99. The van der Waals surface area contributed by atoms with Crippen LogP contribution in [0.15, 0.2) is 48.5 Å². The van der Waals surface area contributed by atoms with Crippen molar-refractivity contribution in [2.24, 2.45) is 0 Å². The third kappa shape index (κ3) is 3.66. The van der Waals surface area contributed by atoms with Crippen molar-refractivity contribution in [1.29, 1.82) is 0 Å². The molecule has 0 atom stereocenters. The number of piperazine rings is 1. The van der Waals surface area contributed by atoms with Crippen LogP contribution in [0.2, 0.25) is 0 Å². The number of hydrogen-bond donors (Lipinski definition) is 1. The number of rotatable bonds is 4. The lowest BCUT2D eigenvalue weighted by Crippen LogP contribution is -2.52. The molecule has 2 aliphatic rings. The molecule has 142 valence electrons. The number of anilines is 1. The Morgan fingerprint density at radius 1 is 0.963 bits per heavy atom. The zero-order valence-electron chi connectivity index (χ0n) is 16.4. The number of urea groups is 1. The lowest BCUT2D eigenvalue weighted by atomic mass is 9.96. The largest absolute Gasteiger partial charge is 0.368 e. The summed E-state index contributed by atoms with van der Waals surface area (Å²) >= 11 is 0. The number of hydrogen-bond acceptors (Lipinski definition) is 2. The normalized spacial score (nSPS) is 18.3. The number of carbonyl (C=O) groups is 1. The van der Waals surface area contributed by atoms with Gasteiger partial charge in [-0.3, -0.25) is 0 Å². The van der Waals surface area contributed by atoms with E-state index in [4.69, 9.17) is 0 Å². The van der Waals surface area contributed by atoms with Crippen molar-refractivity contribution in [2.75, 3.05) is 37.6 Å². The molecular formula is C23H29N3O. The van der Waals surface area contributed by atoms with Crippen LogP contribution in [-0.2, 0) is 5.41 Å². The van der Waals surface area contributed by atoms with Crippen LogP contribution in [0.4, 0.5) is 10.5 Å². The summed E-state index contributed by atoms with van der Waals surface area (Å²) < 4.78 is 0. The van der Waals surface area contributed by atoms with Gasteiger partial charge in [0.1, 0.15) is 0 Å². The molecule has 0 bridgehead atoms. The summed E-state index contributed by atoms with van der Waals surface area (Å²) in [4.78, 5) is 17.0. The molecule has 1 aliphatic heterocycles. The Labute approximate surface area is 162 Å². The first-order chi connectivity index (χ1) is 13.1. The van der Waals surface area contributed by atoms with Crippen LogP contribution >= 0.6 is 0 Å². The topological polar surface area (TPSA) is 35.6 Å². The standard InChI is InChI=1S/C23H29N3O/c1-18-7-6-10-21(19(18)2)25-13-15-26(16-14-25)22(27)24-17-23(11-12-23)20-8-4-3-5-9-20/h3-10H,11-17H2,1-2H3,(H,24,27). The minimum absolute atomic E-state index is 0.0813. The summed E-state index contributed by atoms with van der Waals surface area (Å²) in [6, 6.07) is 17.1. The third-order valence-corrected chi connectivity index (χ3v) is 6.30. The van der Waals surface area contributed by atoms with Gasteiger partial charge in [0.05, 0.1) is 0 Å². The fourth-order valence-electron chi connectivity index (χ4n) is 4.10. The molecule has 4 nitrogen and oxygen atoms in total. The number of nitrogens with one attached hydrogen (secondary N) is 1. The van der Waals surface area contributed by atoms with Gasteiger partial charge < -0.3 is 15.1 Å². The Hall–Kier alpha value is -2.49. The maximum Gasteiger partial charge on any atom is 0.317 e. The molecule has 2 aromatic carbocycles. The minimum atomic E-state index is 0.0813. The van der Waals surface area contributed by atoms with Crippen LogP contribution in [0.25, 0.3) is 0 Å². The Kier molecular flexibility index (Phi) is 4.81. The van der Waals surface area contributed by atoms with E-state index in [1.165, 1.54) is 22.4 Å².